The fraction of sp³-hybridized carbons (Fsp3) is 0.435. The summed E-state index contributed by atoms with van der Waals surface area (Å²) in [4.78, 5) is 7.76. The van der Waals surface area contributed by atoms with Crippen LogP contribution in [0, 0.1) is 13.8 Å². The van der Waals surface area contributed by atoms with E-state index in [-0.39, 0.29) is 0 Å². The molecule has 2 saturated heterocycles. The predicted molar refractivity (Wildman–Crippen MR) is 110 cm³/mol. The van der Waals surface area contributed by atoms with E-state index >= 15 is 0 Å². The number of thiazole rings is 1. The lowest BCUT2D eigenvalue weighted by Gasteiger charge is -2.42. The molecule has 0 radical (unpaired) electrons. The van der Waals surface area contributed by atoms with Gasteiger partial charge in [0.25, 0.3) is 0 Å². The fourth-order valence-corrected chi connectivity index (χ4v) is 6.44. The monoisotopic (exact) mass is 362 g/mol. The summed E-state index contributed by atoms with van der Waals surface area (Å²) in [7, 11) is 2.33. The van der Waals surface area contributed by atoms with Crippen molar-refractivity contribution in [2.24, 2.45) is 0 Å². The third-order valence-corrected chi connectivity index (χ3v) is 7.74. The first-order valence-electron chi connectivity index (χ1n) is 9.76. The number of likely N-dealkylation sites (N-methyl/N-ethyl adjacent to an activating group) is 1. The zero-order chi connectivity index (χ0) is 17.8. The molecule has 1 aromatic heterocycles. The van der Waals surface area contributed by atoms with Gasteiger partial charge in [0.1, 0.15) is 0 Å². The smallest absolute Gasteiger partial charge is 0.0991 e. The average Bonchev–Trinajstić information content (AvgIpc) is 3.13. The van der Waals surface area contributed by atoms with Crippen molar-refractivity contribution in [1.29, 1.82) is 0 Å². The van der Waals surface area contributed by atoms with Crippen LogP contribution in [-0.2, 0) is 0 Å². The molecule has 5 rings (SSSR count). The van der Waals surface area contributed by atoms with Crippen molar-refractivity contribution in [2.75, 3.05) is 7.05 Å². The van der Waals surface area contributed by atoms with Crippen molar-refractivity contribution in [2.45, 2.75) is 57.0 Å². The van der Waals surface area contributed by atoms with Crippen molar-refractivity contribution in [3.63, 3.8) is 0 Å². The molecule has 2 aliphatic heterocycles. The highest BCUT2D eigenvalue weighted by Crippen LogP contribution is 2.52. The van der Waals surface area contributed by atoms with Crippen LogP contribution in [0.5, 0.6) is 0 Å². The van der Waals surface area contributed by atoms with Crippen LogP contribution < -0.4 is 0 Å². The molecule has 134 valence electrons. The van der Waals surface area contributed by atoms with E-state index in [1.54, 1.807) is 0 Å². The minimum Gasteiger partial charge on any atom is -0.300 e. The van der Waals surface area contributed by atoms with Crippen molar-refractivity contribution in [3.05, 3.63) is 64.2 Å². The maximum atomic E-state index is 5.11. The second-order valence-electron chi connectivity index (χ2n) is 8.27. The van der Waals surface area contributed by atoms with Crippen molar-refractivity contribution in [1.82, 2.24) is 9.88 Å². The number of fused-ring (bicyclic) bond motifs is 3. The van der Waals surface area contributed by atoms with Crippen LogP contribution in [0.1, 0.15) is 52.8 Å². The molecule has 0 aliphatic carbocycles. The van der Waals surface area contributed by atoms with Gasteiger partial charge < -0.3 is 0 Å². The van der Waals surface area contributed by atoms with Crippen molar-refractivity contribution < 1.29 is 0 Å². The summed E-state index contributed by atoms with van der Waals surface area (Å²) in [6.07, 6.45) is 3.91. The lowest BCUT2D eigenvalue weighted by atomic mass is 9.76. The molecule has 3 heteroatoms. The SMILES string of the molecule is Cc1ccc(C2C[C@H]3CCC([C@H]2c2nc4ccc(C)cc4s2)N3C)cc1. The van der Waals surface area contributed by atoms with Crippen LogP contribution in [0.15, 0.2) is 42.5 Å². The molecule has 0 saturated carbocycles. The summed E-state index contributed by atoms with van der Waals surface area (Å²) in [6.45, 7) is 4.35. The van der Waals surface area contributed by atoms with E-state index in [2.05, 4.69) is 68.3 Å². The normalized spacial score (nSPS) is 28.7. The summed E-state index contributed by atoms with van der Waals surface area (Å²) in [5.41, 5.74) is 5.34. The molecule has 3 aromatic rings. The molecule has 2 aliphatic rings. The van der Waals surface area contributed by atoms with Crippen LogP contribution >= 0.6 is 11.3 Å². The Balaban J connectivity index is 1.61. The van der Waals surface area contributed by atoms with Crippen LogP contribution in [0.25, 0.3) is 10.2 Å². The Morgan fingerprint density at radius 1 is 1.00 bits per heavy atom. The lowest BCUT2D eigenvalue weighted by molar-refractivity contribution is 0.137. The largest absolute Gasteiger partial charge is 0.300 e. The first kappa shape index (κ1) is 16.5. The predicted octanol–water partition coefficient (Wildman–Crippen LogP) is 5.65. The number of aromatic nitrogens is 1. The van der Waals surface area contributed by atoms with E-state index < -0.39 is 0 Å². The first-order chi connectivity index (χ1) is 12.6. The number of hydrogen-bond donors (Lipinski definition) is 0. The second-order valence-corrected chi connectivity index (χ2v) is 9.33. The van der Waals surface area contributed by atoms with Gasteiger partial charge in [-0.2, -0.15) is 0 Å². The summed E-state index contributed by atoms with van der Waals surface area (Å²) in [5.74, 6) is 1.10. The number of benzene rings is 2. The maximum absolute atomic E-state index is 5.11. The Kier molecular flexibility index (Phi) is 3.91. The van der Waals surface area contributed by atoms with E-state index in [1.165, 1.54) is 51.2 Å². The van der Waals surface area contributed by atoms with E-state index in [1.807, 2.05) is 11.3 Å². The second kappa shape index (κ2) is 6.17. The Bertz CT molecular complexity index is 943. The van der Waals surface area contributed by atoms with Gasteiger partial charge in [0.15, 0.2) is 0 Å². The fourth-order valence-electron chi connectivity index (χ4n) is 5.15. The summed E-state index contributed by atoms with van der Waals surface area (Å²) in [5, 5.41) is 1.34. The molecular formula is C23H26N2S. The topological polar surface area (TPSA) is 16.1 Å². The lowest BCUT2D eigenvalue weighted by Crippen LogP contribution is -2.44. The van der Waals surface area contributed by atoms with Crippen LogP contribution in [0.4, 0.5) is 0 Å². The molecule has 0 N–H and O–H groups in total. The van der Waals surface area contributed by atoms with Crippen LogP contribution in [-0.4, -0.2) is 29.0 Å². The number of piperidine rings is 1. The zero-order valence-electron chi connectivity index (χ0n) is 15.8. The van der Waals surface area contributed by atoms with E-state index in [9.17, 15) is 0 Å². The third-order valence-electron chi connectivity index (χ3n) is 6.62. The molecule has 2 unspecified atom stereocenters. The standard InChI is InChI=1S/C23H26N2S/c1-14-4-7-16(8-5-14)18-13-17-9-11-20(25(17)3)22(18)23-24-19-10-6-15(2)12-21(19)26-23/h4-8,10,12,17-18,20,22H,9,11,13H2,1-3H3/t17-,18?,20?,22+/m1/s1. The highest BCUT2D eigenvalue weighted by atomic mass is 32.1. The van der Waals surface area contributed by atoms with Gasteiger partial charge in [-0.25, -0.2) is 4.98 Å². The maximum Gasteiger partial charge on any atom is 0.0991 e. The van der Waals surface area contributed by atoms with Gasteiger partial charge in [0, 0.05) is 18.0 Å². The Labute approximate surface area is 159 Å². The van der Waals surface area contributed by atoms with Gasteiger partial charge in [0.05, 0.1) is 15.2 Å². The Hall–Kier alpha value is -1.71. The molecule has 4 atom stereocenters. The quantitative estimate of drug-likeness (QED) is 0.586. The van der Waals surface area contributed by atoms with Gasteiger partial charge in [-0.1, -0.05) is 35.9 Å². The van der Waals surface area contributed by atoms with E-state index in [4.69, 9.17) is 4.98 Å². The van der Waals surface area contributed by atoms with E-state index in [0.29, 0.717) is 17.9 Å². The van der Waals surface area contributed by atoms with Crippen LogP contribution in [0.3, 0.4) is 0 Å². The molecule has 2 aromatic carbocycles. The van der Waals surface area contributed by atoms with E-state index in [0.717, 1.165) is 6.04 Å². The minimum absolute atomic E-state index is 0.513. The summed E-state index contributed by atoms with van der Waals surface area (Å²) < 4.78 is 1.34. The molecular weight excluding hydrogens is 336 g/mol. The van der Waals surface area contributed by atoms with Crippen molar-refractivity contribution in [3.8, 4) is 0 Å². The van der Waals surface area contributed by atoms with Gasteiger partial charge in [-0.05, 0) is 69.3 Å². The molecule has 2 bridgehead atoms. The summed E-state index contributed by atoms with van der Waals surface area (Å²) in [6, 6.07) is 17.3. The van der Waals surface area contributed by atoms with Gasteiger partial charge in [0.2, 0.25) is 0 Å². The highest BCUT2D eigenvalue weighted by molar-refractivity contribution is 7.18. The van der Waals surface area contributed by atoms with Gasteiger partial charge in [-0.15, -0.1) is 11.3 Å². The minimum atomic E-state index is 0.513. The molecule has 26 heavy (non-hydrogen) atoms. The first-order valence-corrected chi connectivity index (χ1v) is 10.6. The Morgan fingerprint density at radius 3 is 2.58 bits per heavy atom. The van der Waals surface area contributed by atoms with Gasteiger partial charge >= 0.3 is 0 Å². The van der Waals surface area contributed by atoms with Crippen LogP contribution in [0.2, 0.25) is 0 Å². The third kappa shape index (κ3) is 2.60. The van der Waals surface area contributed by atoms with Gasteiger partial charge in [-0.3, -0.25) is 4.90 Å². The number of aryl methyl sites for hydroxylation is 2. The summed E-state index contributed by atoms with van der Waals surface area (Å²) >= 11 is 1.92. The zero-order valence-corrected chi connectivity index (χ0v) is 16.6. The number of rotatable bonds is 2. The average molecular weight is 363 g/mol. The molecule has 0 amide bonds. The molecule has 0 spiro atoms. The highest BCUT2D eigenvalue weighted by Gasteiger charge is 2.47. The Morgan fingerprint density at radius 2 is 1.77 bits per heavy atom. The number of nitrogens with zero attached hydrogens (tertiary/aromatic N) is 2. The number of hydrogen-bond acceptors (Lipinski definition) is 3. The molecule has 2 fully saturated rings. The molecule has 2 nitrogen and oxygen atoms in total. The molecule has 3 heterocycles. The van der Waals surface area contributed by atoms with Crippen molar-refractivity contribution >= 4 is 21.6 Å².